The first-order valence-electron chi connectivity index (χ1n) is 4.84. The molecule has 76 valence electrons. The first-order chi connectivity index (χ1) is 6.68. The molecule has 0 amide bonds. The van der Waals surface area contributed by atoms with Crippen molar-refractivity contribution in [2.75, 3.05) is 12.3 Å². The quantitative estimate of drug-likeness (QED) is 0.707. The number of hydrogen-bond acceptors (Lipinski definition) is 2. The van der Waals surface area contributed by atoms with E-state index in [-0.39, 0.29) is 23.5 Å². The fourth-order valence-corrected chi connectivity index (χ4v) is 2.00. The van der Waals surface area contributed by atoms with E-state index in [2.05, 4.69) is 0 Å². The lowest BCUT2D eigenvalue weighted by molar-refractivity contribution is 0.120. The van der Waals surface area contributed by atoms with Crippen LogP contribution in [-0.2, 0) is 5.41 Å². The molecule has 2 nitrogen and oxygen atoms in total. The maximum absolute atomic E-state index is 13.2. The monoisotopic (exact) mass is 195 g/mol. The Balaban J connectivity index is 2.36. The van der Waals surface area contributed by atoms with Crippen molar-refractivity contribution < 1.29 is 9.50 Å². The van der Waals surface area contributed by atoms with E-state index in [9.17, 15) is 9.50 Å². The molecule has 3 heteroatoms. The molecule has 1 aliphatic rings. The van der Waals surface area contributed by atoms with Crippen LogP contribution in [0.3, 0.4) is 0 Å². The summed E-state index contributed by atoms with van der Waals surface area (Å²) in [5.74, 6) is -0.387. The van der Waals surface area contributed by atoms with Crippen LogP contribution in [0.2, 0.25) is 0 Å². The van der Waals surface area contributed by atoms with Gasteiger partial charge in [0, 0.05) is 5.41 Å². The number of benzene rings is 1. The highest BCUT2D eigenvalue weighted by Gasteiger charge is 2.38. The van der Waals surface area contributed by atoms with Crippen LogP contribution in [0.15, 0.2) is 18.2 Å². The molecule has 0 aromatic heterocycles. The first kappa shape index (κ1) is 9.46. The first-order valence-corrected chi connectivity index (χ1v) is 4.84. The summed E-state index contributed by atoms with van der Waals surface area (Å²) in [6.07, 6.45) is 2.98. The summed E-state index contributed by atoms with van der Waals surface area (Å²) in [5, 5.41) is 9.30. The molecule has 2 rings (SSSR count). The van der Waals surface area contributed by atoms with Gasteiger partial charge in [-0.05, 0) is 30.5 Å². The number of rotatable bonds is 2. The molecule has 0 atom stereocenters. The summed E-state index contributed by atoms with van der Waals surface area (Å²) in [7, 11) is 0. The Morgan fingerprint density at radius 2 is 2.14 bits per heavy atom. The summed E-state index contributed by atoms with van der Waals surface area (Å²) in [4.78, 5) is 0. The Bertz CT molecular complexity index is 342. The topological polar surface area (TPSA) is 46.2 Å². The van der Waals surface area contributed by atoms with Crippen LogP contribution in [0.4, 0.5) is 10.1 Å². The van der Waals surface area contributed by atoms with Gasteiger partial charge in [0.2, 0.25) is 0 Å². The van der Waals surface area contributed by atoms with Gasteiger partial charge < -0.3 is 10.8 Å². The number of halogens is 1. The van der Waals surface area contributed by atoms with Crippen molar-refractivity contribution in [1.82, 2.24) is 0 Å². The van der Waals surface area contributed by atoms with E-state index >= 15 is 0 Å². The van der Waals surface area contributed by atoms with Crippen molar-refractivity contribution in [3.63, 3.8) is 0 Å². The third-order valence-corrected chi connectivity index (χ3v) is 3.23. The standard InChI is InChI=1S/C11H14FNO/c12-9-6-8(2-3-10(9)13)11(7-14)4-1-5-11/h2-3,6,14H,1,4-5,7,13H2. The lowest BCUT2D eigenvalue weighted by Gasteiger charge is -2.40. The molecule has 0 aliphatic heterocycles. The molecule has 0 bridgehead atoms. The molecule has 0 radical (unpaired) electrons. The van der Waals surface area contributed by atoms with E-state index in [1.165, 1.54) is 6.07 Å². The Morgan fingerprint density at radius 3 is 2.57 bits per heavy atom. The van der Waals surface area contributed by atoms with Gasteiger partial charge in [0.05, 0.1) is 12.3 Å². The molecule has 0 saturated heterocycles. The van der Waals surface area contributed by atoms with Crippen molar-refractivity contribution in [1.29, 1.82) is 0 Å². The number of aliphatic hydroxyl groups excluding tert-OH is 1. The molecule has 1 fully saturated rings. The number of nitrogen functional groups attached to an aromatic ring is 1. The number of hydrogen-bond donors (Lipinski definition) is 2. The van der Waals surface area contributed by atoms with E-state index in [0.717, 1.165) is 24.8 Å². The highest BCUT2D eigenvalue weighted by Crippen LogP contribution is 2.43. The highest BCUT2D eigenvalue weighted by atomic mass is 19.1. The lowest BCUT2D eigenvalue weighted by Crippen LogP contribution is -2.37. The Kier molecular flexibility index (Phi) is 2.19. The fraction of sp³-hybridized carbons (Fsp3) is 0.455. The smallest absolute Gasteiger partial charge is 0.146 e. The zero-order valence-corrected chi connectivity index (χ0v) is 7.96. The maximum atomic E-state index is 13.2. The fourth-order valence-electron chi connectivity index (χ4n) is 2.00. The highest BCUT2D eigenvalue weighted by molar-refractivity contribution is 5.44. The third kappa shape index (κ3) is 1.28. The second kappa shape index (κ2) is 3.24. The Hall–Kier alpha value is -1.09. The lowest BCUT2D eigenvalue weighted by atomic mass is 9.65. The molecule has 1 aromatic carbocycles. The summed E-state index contributed by atoms with van der Waals surface area (Å²) in [6.45, 7) is 0.0936. The normalized spacial score (nSPS) is 19.0. The molecule has 0 heterocycles. The van der Waals surface area contributed by atoms with Crippen LogP contribution in [0.5, 0.6) is 0 Å². The number of aliphatic hydroxyl groups is 1. The van der Waals surface area contributed by atoms with Gasteiger partial charge in [0.1, 0.15) is 5.82 Å². The van der Waals surface area contributed by atoms with Gasteiger partial charge in [-0.1, -0.05) is 12.5 Å². The van der Waals surface area contributed by atoms with Crippen molar-refractivity contribution in [3.05, 3.63) is 29.6 Å². The largest absolute Gasteiger partial charge is 0.396 e. The predicted molar refractivity (Wildman–Crippen MR) is 53.4 cm³/mol. The molecular formula is C11H14FNO. The van der Waals surface area contributed by atoms with Gasteiger partial charge in [-0.3, -0.25) is 0 Å². The van der Waals surface area contributed by atoms with Gasteiger partial charge >= 0.3 is 0 Å². The zero-order chi connectivity index (χ0) is 10.2. The van der Waals surface area contributed by atoms with Gasteiger partial charge in [-0.15, -0.1) is 0 Å². The Labute approximate surface area is 82.5 Å². The van der Waals surface area contributed by atoms with Crippen LogP contribution >= 0.6 is 0 Å². The van der Waals surface area contributed by atoms with Gasteiger partial charge in [-0.2, -0.15) is 0 Å². The van der Waals surface area contributed by atoms with Crippen LogP contribution in [0.1, 0.15) is 24.8 Å². The second-order valence-electron chi connectivity index (χ2n) is 4.03. The minimum absolute atomic E-state index is 0.0936. The van der Waals surface area contributed by atoms with Crippen molar-refractivity contribution in [2.45, 2.75) is 24.7 Å². The minimum atomic E-state index is -0.387. The molecule has 14 heavy (non-hydrogen) atoms. The van der Waals surface area contributed by atoms with Gasteiger partial charge in [0.15, 0.2) is 0 Å². The third-order valence-electron chi connectivity index (χ3n) is 3.23. The SMILES string of the molecule is Nc1ccc(C2(CO)CCC2)cc1F. The number of nitrogens with two attached hydrogens (primary N) is 1. The molecule has 0 unspecified atom stereocenters. The predicted octanol–water partition coefficient (Wildman–Crippen LogP) is 1.82. The summed E-state index contributed by atoms with van der Waals surface area (Å²) >= 11 is 0. The molecule has 1 aliphatic carbocycles. The van der Waals surface area contributed by atoms with Gasteiger partial charge in [-0.25, -0.2) is 4.39 Å². The summed E-state index contributed by atoms with van der Waals surface area (Å²) < 4.78 is 13.2. The molecule has 1 saturated carbocycles. The van der Waals surface area contributed by atoms with E-state index in [1.807, 2.05) is 6.07 Å². The van der Waals surface area contributed by atoms with E-state index in [1.54, 1.807) is 6.07 Å². The van der Waals surface area contributed by atoms with Crippen molar-refractivity contribution in [3.8, 4) is 0 Å². The summed E-state index contributed by atoms with van der Waals surface area (Å²) in [6, 6.07) is 4.83. The minimum Gasteiger partial charge on any atom is -0.396 e. The van der Waals surface area contributed by atoms with Gasteiger partial charge in [0.25, 0.3) is 0 Å². The Morgan fingerprint density at radius 1 is 1.43 bits per heavy atom. The second-order valence-corrected chi connectivity index (χ2v) is 4.03. The van der Waals surface area contributed by atoms with Crippen LogP contribution in [0, 0.1) is 5.82 Å². The summed E-state index contributed by atoms with van der Waals surface area (Å²) in [5.41, 5.74) is 6.24. The average Bonchev–Trinajstić information content (AvgIpc) is 2.10. The maximum Gasteiger partial charge on any atom is 0.146 e. The van der Waals surface area contributed by atoms with E-state index in [4.69, 9.17) is 5.73 Å². The van der Waals surface area contributed by atoms with Crippen LogP contribution in [-0.4, -0.2) is 11.7 Å². The molecule has 1 aromatic rings. The van der Waals surface area contributed by atoms with E-state index < -0.39 is 0 Å². The van der Waals surface area contributed by atoms with Crippen LogP contribution < -0.4 is 5.73 Å². The molecular weight excluding hydrogens is 181 g/mol. The van der Waals surface area contributed by atoms with E-state index in [0.29, 0.717) is 0 Å². The van der Waals surface area contributed by atoms with Crippen molar-refractivity contribution >= 4 is 5.69 Å². The molecule has 3 N–H and O–H groups in total. The number of anilines is 1. The van der Waals surface area contributed by atoms with Crippen LogP contribution in [0.25, 0.3) is 0 Å². The average molecular weight is 195 g/mol. The molecule has 0 spiro atoms. The zero-order valence-electron chi connectivity index (χ0n) is 7.96. The van der Waals surface area contributed by atoms with Crippen molar-refractivity contribution in [2.24, 2.45) is 0 Å².